The van der Waals surface area contributed by atoms with Crippen LogP contribution in [0.5, 0.6) is 0 Å². The van der Waals surface area contributed by atoms with Crippen molar-refractivity contribution in [2.24, 2.45) is 0 Å². The highest BCUT2D eigenvalue weighted by atomic mass is 19.4. The van der Waals surface area contributed by atoms with Gasteiger partial charge in [-0.3, -0.25) is 14.6 Å². The van der Waals surface area contributed by atoms with E-state index in [2.05, 4.69) is 10.3 Å². The topological polar surface area (TPSA) is 62.3 Å². The fraction of sp³-hybridized carbons (Fsp3) is 0.240. The smallest absolute Gasteiger partial charge is 0.344 e. The summed E-state index contributed by atoms with van der Waals surface area (Å²) in [6, 6.07) is 12.4. The monoisotopic (exact) mass is 471 g/mol. The Morgan fingerprint density at radius 1 is 1.03 bits per heavy atom. The molecule has 1 aliphatic heterocycles. The standard InChI is InChI=1S/C25H21F4N3O2/c1-15(30-23(33)16-7-9-19(26)10-8-16)20-11-12-22-21(31-20)6-3-13-32(22)24(34)17-4-2-5-18(14-17)25(27,28)29/h2,4-5,7-12,14-15H,3,6,13H2,1H3,(H,30,33). The fourth-order valence-electron chi connectivity index (χ4n) is 3.86. The van der Waals surface area contributed by atoms with E-state index in [9.17, 15) is 27.2 Å². The van der Waals surface area contributed by atoms with Gasteiger partial charge in [-0.1, -0.05) is 6.07 Å². The van der Waals surface area contributed by atoms with Crippen molar-refractivity contribution in [2.45, 2.75) is 32.0 Å². The SMILES string of the molecule is CC(NC(=O)c1ccc(F)cc1)c1ccc2c(n1)CCCN2C(=O)c1cccc(C(F)(F)F)c1. The van der Waals surface area contributed by atoms with Crippen molar-refractivity contribution in [3.63, 3.8) is 0 Å². The molecule has 0 radical (unpaired) electrons. The average Bonchev–Trinajstić information content (AvgIpc) is 2.82. The van der Waals surface area contributed by atoms with E-state index in [1.165, 1.54) is 41.3 Å². The van der Waals surface area contributed by atoms with E-state index in [-0.39, 0.29) is 11.5 Å². The molecule has 34 heavy (non-hydrogen) atoms. The lowest BCUT2D eigenvalue weighted by molar-refractivity contribution is -0.137. The highest BCUT2D eigenvalue weighted by molar-refractivity contribution is 6.06. The maximum absolute atomic E-state index is 13.1. The van der Waals surface area contributed by atoms with Crippen molar-refractivity contribution in [3.05, 3.63) is 94.6 Å². The number of halogens is 4. The minimum atomic E-state index is -4.54. The van der Waals surface area contributed by atoms with E-state index in [4.69, 9.17) is 0 Å². The zero-order valence-corrected chi connectivity index (χ0v) is 18.2. The molecular weight excluding hydrogens is 450 g/mol. The summed E-state index contributed by atoms with van der Waals surface area (Å²) in [7, 11) is 0. The van der Waals surface area contributed by atoms with Crippen LogP contribution in [0.2, 0.25) is 0 Å². The van der Waals surface area contributed by atoms with Crippen LogP contribution in [0.15, 0.2) is 60.7 Å². The van der Waals surface area contributed by atoms with Crippen molar-refractivity contribution in [2.75, 3.05) is 11.4 Å². The molecule has 1 aromatic heterocycles. The van der Waals surface area contributed by atoms with Gasteiger partial charge in [0, 0.05) is 17.7 Å². The summed E-state index contributed by atoms with van der Waals surface area (Å²) in [4.78, 5) is 31.5. The van der Waals surface area contributed by atoms with Crippen molar-refractivity contribution in [3.8, 4) is 0 Å². The fourth-order valence-corrected chi connectivity index (χ4v) is 3.86. The first kappa shape index (κ1) is 23.4. The number of amides is 2. The second kappa shape index (κ2) is 9.24. The van der Waals surface area contributed by atoms with Gasteiger partial charge in [0.15, 0.2) is 0 Å². The number of carbonyl (C=O) groups excluding carboxylic acids is 2. The van der Waals surface area contributed by atoms with E-state index in [0.717, 1.165) is 12.1 Å². The predicted octanol–water partition coefficient (Wildman–Crippen LogP) is 5.32. The molecule has 0 saturated carbocycles. The molecule has 0 aliphatic carbocycles. The molecule has 9 heteroatoms. The normalized spacial score (nSPS) is 14.3. The molecule has 0 spiro atoms. The number of fused-ring (bicyclic) bond motifs is 1. The van der Waals surface area contributed by atoms with Gasteiger partial charge in [-0.2, -0.15) is 13.2 Å². The van der Waals surface area contributed by atoms with Crippen LogP contribution < -0.4 is 10.2 Å². The number of carbonyl (C=O) groups is 2. The summed E-state index contributed by atoms with van der Waals surface area (Å²) >= 11 is 0. The summed E-state index contributed by atoms with van der Waals surface area (Å²) in [6.07, 6.45) is -3.35. The number of hydrogen-bond donors (Lipinski definition) is 1. The number of alkyl halides is 3. The van der Waals surface area contributed by atoms with Crippen molar-refractivity contribution >= 4 is 17.5 Å². The number of rotatable bonds is 4. The molecule has 1 N–H and O–H groups in total. The Labute approximate surface area is 193 Å². The molecule has 2 amide bonds. The highest BCUT2D eigenvalue weighted by Gasteiger charge is 2.32. The summed E-state index contributed by atoms with van der Waals surface area (Å²) in [6.45, 7) is 2.12. The number of hydrogen-bond acceptors (Lipinski definition) is 3. The molecule has 0 bridgehead atoms. The molecule has 1 unspecified atom stereocenters. The van der Waals surface area contributed by atoms with Gasteiger partial charge in [0.2, 0.25) is 0 Å². The summed E-state index contributed by atoms with van der Waals surface area (Å²) < 4.78 is 52.3. The maximum Gasteiger partial charge on any atom is 0.416 e. The van der Waals surface area contributed by atoms with Crippen LogP contribution in [0.25, 0.3) is 0 Å². The maximum atomic E-state index is 13.1. The van der Waals surface area contributed by atoms with Crippen molar-refractivity contribution in [1.29, 1.82) is 0 Å². The average molecular weight is 471 g/mol. The molecule has 1 atom stereocenters. The van der Waals surface area contributed by atoms with E-state index in [1.54, 1.807) is 19.1 Å². The van der Waals surface area contributed by atoms with Crippen molar-refractivity contribution in [1.82, 2.24) is 10.3 Å². The molecular formula is C25H21F4N3O2. The molecule has 0 saturated heterocycles. The quantitative estimate of drug-likeness (QED) is 0.524. The molecule has 176 valence electrons. The number of aryl methyl sites for hydroxylation is 1. The van der Waals surface area contributed by atoms with Crippen LogP contribution in [0, 0.1) is 5.82 Å². The summed E-state index contributed by atoms with van der Waals surface area (Å²) in [5.74, 6) is -1.35. The first-order chi connectivity index (χ1) is 16.1. The highest BCUT2D eigenvalue weighted by Crippen LogP contribution is 2.32. The molecule has 1 aliphatic rings. The third kappa shape index (κ3) is 4.93. The van der Waals surface area contributed by atoms with Gasteiger partial charge in [0.05, 0.1) is 28.7 Å². The van der Waals surface area contributed by atoms with Gasteiger partial charge < -0.3 is 10.2 Å². The second-order valence-electron chi connectivity index (χ2n) is 8.04. The van der Waals surface area contributed by atoms with Gasteiger partial charge in [-0.15, -0.1) is 0 Å². The van der Waals surface area contributed by atoms with Gasteiger partial charge >= 0.3 is 6.18 Å². The van der Waals surface area contributed by atoms with Crippen LogP contribution in [0.4, 0.5) is 23.2 Å². The van der Waals surface area contributed by atoms with Gasteiger partial charge in [-0.05, 0) is 74.4 Å². The first-order valence-corrected chi connectivity index (χ1v) is 10.7. The lowest BCUT2D eigenvalue weighted by Gasteiger charge is -2.30. The molecule has 4 rings (SSSR count). The number of benzene rings is 2. The Kier molecular flexibility index (Phi) is 6.37. The number of nitrogens with one attached hydrogen (secondary N) is 1. The predicted molar refractivity (Wildman–Crippen MR) is 118 cm³/mol. The Balaban J connectivity index is 1.54. The van der Waals surface area contributed by atoms with E-state index >= 15 is 0 Å². The Bertz CT molecular complexity index is 1230. The summed E-state index contributed by atoms with van der Waals surface area (Å²) in [5.41, 5.74) is 1.12. The molecule has 2 heterocycles. The molecule has 3 aromatic rings. The number of nitrogens with zero attached hydrogens (tertiary/aromatic N) is 2. The van der Waals surface area contributed by atoms with E-state index in [1.807, 2.05) is 0 Å². The minimum Gasteiger partial charge on any atom is -0.344 e. The van der Waals surface area contributed by atoms with Gasteiger partial charge in [0.25, 0.3) is 11.8 Å². The molecule has 5 nitrogen and oxygen atoms in total. The van der Waals surface area contributed by atoms with Crippen LogP contribution >= 0.6 is 0 Å². The lowest BCUT2D eigenvalue weighted by Crippen LogP contribution is -2.36. The number of aromatic nitrogens is 1. The Hall–Kier alpha value is -3.75. The summed E-state index contributed by atoms with van der Waals surface area (Å²) in [5, 5.41) is 2.81. The van der Waals surface area contributed by atoms with Crippen molar-refractivity contribution < 1.29 is 27.2 Å². The molecule has 2 aromatic carbocycles. The van der Waals surface area contributed by atoms with Crippen LogP contribution in [0.1, 0.15) is 57.1 Å². The van der Waals surface area contributed by atoms with Gasteiger partial charge in [0.1, 0.15) is 5.82 Å². The van der Waals surface area contributed by atoms with E-state index in [0.29, 0.717) is 42.0 Å². The van der Waals surface area contributed by atoms with Crippen LogP contribution in [0.3, 0.4) is 0 Å². The molecule has 0 fully saturated rings. The zero-order chi connectivity index (χ0) is 24.5. The third-order valence-corrected chi connectivity index (χ3v) is 5.64. The first-order valence-electron chi connectivity index (χ1n) is 10.7. The minimum absolute atomic E-state index is 0.0494. The van der Waals surface area contributed by atoms with Crippen LogP contribution in [-0.2, 0) is 12.6 Å². The second-order valence-corrected chi connectivity index (χ2v) is 8.04. The Morgan fingerprint density at radius 2 is 1.76 bits per heavy atom. The Morgan fingerprint density at radius 3 is 2.47 bits per heavy atom. The lowest BCUT2D eigenvalue weighted by atomic mass is 10.0. The largest absolute Gasteiger partial charge is 0.416 e. The number of anilines is 1. The van der Waals surface area contributed by atoms with Crippen LogP contribution in [-0.4, -0.2) is 23.3 Å². The number of pyridine rings is 1. The van der Waals surface area contributed by atoms with E-state index < -0.39 is 29.5 Å². The third-order valence-electron chi connectivity index (χ3n) is 5.64. The van der Waals surface area contributed by atoms with Gasteiger partial charge in [-0.25, -0.2) is 4.39 Å². The zero-order valence-electron chi connectivity index (χ0n) is 18.2.